The van der Waals surface area contributed by atoms with Gasteiger partial charge in [0.05, 0.1) is 5.52 Å². The SMILES string of the molecule is CNc1ccc2c(O)c(O)c(=O)[nH]c2c1. The zero-order chi connectivity index (χ0) is 11.0. The number of nitrogens with one attached hydrogen (secondary N) is 2. The third-order valence-electron chi connectivity index (χ3n) is 2.25. The molecule has 78 valence electrons. The Kier molecular flexibility index (Phi) is 2.00. The van der Waals surface area contributed by atoms with Gasteiger partial charge in [-0.05, 0) is 18.2 Å². The van der Waals surface area contributed by atoms with Crippen molar-refractivity contribution in [1.29, 1.82) is 0 Å². The van der Waals surface area contributed by atoms with E-state index in [-0.39, 0.29) is 0 Å². The number of rotatable bonds is 1. The molecule has 2 rings (SSSR count). The Morgan fingerprint density at radius 3 is 2.67 bits per heavy atom. The number of hydrogen-bond acceptors (Lipinski definition) is 4. The van der Waals surface area contributed by atoms with E-state index in [1.807, 2.05) is 0 Å². The van der Waals surface area contributed by atoms with Crippen LogP contribution in [0.1, 0.15) is 0 Å². The van der Waals surface area contributed by atoms with Crippen molar-refractivity contribution in [3.05, 3.63) is 28.6 Å². The van der Waals surface area contributed by atoms with Gasteiger partial charge in [0.2, 0.25) is 5.75 Å². The zero-order valence-corrected chi connectivity index (χ0v) is 8.03. The Morgan fingerprint density at radius 2 is 2.00 bits per heavy atom. The molecule has 5 heteroatoms. The lowest BCUT2D eigenvalue weighted by atomic mass is 10.2. The van der Waals surface area contributed by atoms with Crippen LogP contribution in [0.25, 0.3) is 10.9 Å². The van der Waals surface area contributed by atoms with Crippen LogP contribution in [0.4, 0.5) is 5.69 Å². The molecule has 0 radical (unpaired) electrons. The molecule has 1 heterocycles. The van der Waals surface area contributed by atoms with Crippen LogP contribution in [0.3, 0.4) is 0 Å². The maximum absolute atomic E-state index is 11.2. The minimum atomic E-state index is -0.701. The topological polar surface area (TPSA) is 85.3 Å². The number of fused-ring (bicyclic) bond motifs is 1. The van der Waals surface area contributed by atoms with Crippen molar-refractivity contribution < 1.29 is 10.2 Å². The molecular formula is C10H10N2O3. The normalized spacial score (nSPS) is 10.5. The van der Waals surface area contributed by atoms with Gasteiger partial charge >= 0.3 is 0 Å². The molecule has 0 bridgehead atoms. The number of aromatic amines is 1. The first-order valence-electron chi connectivity index (χ1n) is 4.39. The highest BCUT2D eigenvalue weighted by Gasteiger charge is 2.09. The van der Waals surface area contributed by atoms with Gasteiger partial charge in [-0.3, -0.25) is 4.79 Å². The second kappa shape index (κ2) is 3.20. The summed E-state index contributed by atoms with van der Waals surface area (Å²) in [6.07, 6.45) is 0. The zero-order valence-electron chi connectivity index (χ0n) is 8.03. The van der Waals surface area contributed by atoms with Crippen LogP contribution in [-0.4, -0.2) is 22.2 Å². The fourth-order valence-corrected chi connectivity index (χ4v) is 1.43. The summed E-state index contributed by atoms with van der Waals surface area (Å²) in [6.45, 7) is 0. The van der Waals surface area contributed by atoms with Crippen LogP contribution in [0.5, 0.6) is 11.5 Å². The van der Waals surface area contributed by atoms with E-state index in [9.17, 15) is 15.0 Å². The fourth-order valence-electron chi connectivity index (χ4n) is 1.43. The summed E-state index contributed by atoms with van der Waals surface area (Å²) in [4.78, 5) is 13.6. The molecule has 0 fully saturated rings. The summed E-state index contributed by atoms with van der Waals surface area (Å²) >= 11 is 0. The smallest absolute Gasteiger partial charge is 0.294 e. The monoisotopic (exact) mass is 206 g/mol. The second-order valence-electron chi connectivity index (χ2n) is 3.16. The molecule has 0 saturated carbocycles. The minimum absolute atomic E-state index is 0.392. The Hall–Kier alpha value is -2.17. The highest BCUT2D eigenvalue weighted by Crippen LogP contribution is 2.29. The van der Waals surface area contributed by atoms with Crippen LogP contribution in [0.2, 0.25) is 0 Å². The van der Waals surface area contributed by atoms with Gasteiger partial charge in [-0.25, -0.2) is 0 Å². The van der Waals surface area contributed by atoms with E-state index < -0.39 is 17.1 Å². The van der Waals surface area contributed by atoms with E-state index in [4.69, 9.17) is 0 Å². The molecule has 0 aliphatic carbocycles. The summed E-state index contributed by atoms with van der Waals surface area (Å²) in [5.41, 5.74) is 0.582. The molecule has 0 unspecified atom stereocenters. The van der Waals surface area contributed by atoms with Gasteiger partial charge in [-0.2, -0.15) is 0 Å². The average molecular weight is 206 g/mol. The fraction of sp³-hybridized carbons (Fsp3) is 0.100. The summed E-state index contributed by atoms with van der Waals surface area (Å²) in [6, 6.07) is 5.03. The van der Waals surface area contributed by atoms with E-state index in [0.29, 0.717) is 10.9 Å². The van der Waals surface area contributed by atoms with Crippen molar-refractivity contribution in [2.75, 3.05) is 12.4 Å². The summed E-state index contributed by atoms with van der Waals surface area (Å²) in [5, 5.41) is 22.0. The Morgan fingerprint density at radius 1 is 1.27 bits per heavy atom. The molecule has 2 aromatic rings. The van der Waals surface area contributed by atoms with Crippen molar-refractivity contribution in [3.63, 3.8) is 0 Å². The summed E-state index contributed by atoms with van der Waals surface area (Å²) in [5.74, 6) is -1.05. The molecular weight excluding hydrogens is 196 g/mol. The minimum Gasteiger partial charge on any atom is -0.504 e. The number of H-pyrrole nitrogens is 1. The van der Waals surface area contributed by atoms with Gasteiger partial charge in [-0.1, -0.05) is 0 Å². The van der Waals surface area contributed by atoms with Gasteiger partial charge in [-0.15, -0.1) is 0 Å². The molecule has 4 N–H and O–H groups in total. The second-order valence-corrected chi connectivity index (χ2v) is 3.16. The van der Waals surface area contributed by atoms with E-state index in [1.165, 1.54) is 0 Å². The van der Waals surface area contributed by atoms with Crippen LogP contribution in [-0.2, 0) is 0 Å². The van der Waals surface area contributed by atoms with Gasteiger partial charge in [0, 0.05) is 18.1 Å². The predicted octanol–water partition coefficient (Wildman–Crippen LogP) is 0.981. The van der Waals surface area contributed by atoms with Gasteiger partial charge in [0.1, 0.15) is 0 Å². The summed E-state index contributed by atoms with van der Waals surface area (Å²) in [7, 11) is 1.75. The van der Waals surface area contributed by atoms with E-state index in [1.54, 1.807) is 25.2 Å². The lowest BCUT2D eigenvalue weighted by Gasteiger charge is -2.05. The molecule has 5 nitrogen and oxygen atoms in total. The first-order chi connectivity index (χ1) is 7.13. The van der Waals surface area contributed by atoms with Crippen molar-refractivity contribution in [2.45, 2.75) is 0 Å². The quantitative estimate of drug-likeness (QED) is 0.560. The van der Waals surface area contributed by atoms with E-state index in [0.717, 1.165) is 5.69 Å². The molecule has 0 saturated heterocycles. The third kappa shape index (κ3) is 1.38. The van der Waals surface area contributed by atoms with Crippen LogP contribution in [0.15, 0.2) is 23.0 Å². The number of aromatic nitrogens is 1. The van der Waals surface area contributed by atoms with Crippen LogP contribution in [0, 0.1) is 0 Å². The number of hydrogen-bond donors (Lipinski definition) is 4. The van der Waals surface area contributed by atoms with Crippen LogP contribution >= 0.6 is 0 Å². The summed E-state index contributed by atoms with van der Waals surface area (Å²) < 4.78 is 0. The molecule has 0 aliphatic rings. The molecule has 0 spiro atoms. The Balaban J connectivity index is 2.86. The number of aromatic hydroxyl groups is 2. The van der Waals surface area contributed by atoms with Crippen molar-refractivity contribution in [2.24, 2.45) is 0 Å². The lowest BCUT2D eigenvalue weighted by molar-refractivity contribution is 0.402. The highest BCUT2D eigenvalue weighted by atomic mass is 16.3. The highest BCUT2D eigenvalue weighted by molar-refractivity contribution is 5.89. The third-order valence-corrected chi connectivity index (χ3v) is 2.25. The maximum atomic E-state index is 11.2. The molecule has 0 amide bonds. The van der Waals surface area contributed by atoms with Crippen molar-refractivity contribution >= 4 is 16.6 Å². The molecule has 0 aliphatic heterocycles. The first kappa shape index (κ1) is 9.39. The van der Waals surface area contributed by atoms with Gasteiger partial charge < -0.3 is 20.5 Å². The molecule has 15 heavy (non-hydrogen) atoms. The molecule has 1 aromatic carbocycles. The maximum Gasteiger partial charge on any atom is 0.294 e. The van der Waals surface area contributed by atoms with Crippen LogP contribution < -0.4 is 10.9 Å². The van der Waals surface area contributed by atoms with E-state index in [2.05, 4.69) is 10.3 Å². The van der Waals surface area contributed by atoms with E-state index >= 15 is 0 Å². The standard InChI is InChI=1S/C10H10N2O3/c1-11-5-2-3-6-7(4-5)12-10(15)9(14)8(6)13/h2-4,11,14H,1H3,(H2,12,13,15). The van der Waals surface area contributed by atoms with Crippen molar-refractivity contribution in [3.8, 4) is 11.5 Å². The van der Waals surface area contributed by atoms with Crippen molar-refractivity contribution in [1.82, 2.24) is 4.98 Å². The number of benzene rings is 1. The average Bonchev–Trinajstić information content (AvgIpc) is 2.25. The largest absolute Gasteiger partial charge is 0.504 e. The molecule has 1 aromatic heterocycles. The first-order valence-corrected chi connectivity index (χ1v) is 4.39. The predicted molar refractivity (Wildman–Crippen MR) is 57.4 cm³/mol. The van der Waals surface area contributed by atoms with Gasteiger partial charge in [0.15, 0.2) is 5.75 Å². The Labute approximate surface area is 85.0 Å². The van der Waals surface area contributed by atoms with Gasteiger partial charge in [0.25, 0.3) is 5.56 Å². The Bertz CT molecular complexity index is 575. The number of anilines is 1. The molecule has 0 atom stereocenters. The lowest BCUT2D eigenvalue weighted by Crippen LogP contribution is -2.05. The number of pyridine rings is 1.